The topological polar surface area (TPSA) is 49.0 Å². The van der Waals surface area contributed by atoms with Gasteiger partial charge in [-0.05, 0) is 37.3 Å². The number of benzene rings is 1. The summed E-state index contributed by atoms with van der Waals surface area (Å²) in [6, 6.07) is 8.22. The number of carbonyl (C=O) groups excluding carboxylic acids is 1. The van der Waals surface area contributed by atoms with Crippen LogP contribution in [0.2, 0.25) is 0 Å². The van der Waals surface area contributed by atoms with Crippen molar-refractivity contribution in [2.75, 3.05) is 13.1 Å². The molecule has 1 aliphatic heterocycles. The van der Waals surface area contributed by atoms with Gasteiger partial charge < -0.3 is 4.98 Å². The molecule has 4 heteroatoms. The Morgan fingerprint density at radius 2 is 1.96 bits per heavy atom. The van der Waals surface area contributed by atoms with Gasteiger partial charge in [0.25, 0.3) is 0 Å². The Bertz CT molecular complexity index is 783. The fourth-order valence-corrected chi connectivity index (χ4v) is 3.88. The molecule has 1 aromatic heterocycles. The molecule has 1 aromatic carbocycles. The Hall–Kier alpha value is -1.94. The van der Waals surface area contributed by atoms with Crippen LogP contribution in [0.5, 0.6) is 0 Å². The molecule has 0 spiro atoms. The minimum Gasteiger partial charge on any atom is -0.346 e. The molecule has 1 saturated heterocycles. The van der Waals surface area contributed by atoms with E-state index in [0.717, 1.165) is 61.7 Å². The van der Waals surface area contributed by atoms with Gasteiger partial charge in [0.2, 0.25) is 0 Å². The van der Waals surface area contributed by atoms with Crippen molar-refractivity contribution in [1.82, 2.24) is 14.9 Å². The van der Waals surface area contributed by atoms with Crippen LogP contribution in [-0.2, 0) is 18.4 Å². The molecule has 0 amide bonds. The molecule has 1 fully saturated rings. The lowest BCUT2D eigenvalue weighted by Crippen LogP contribution is -2.38. The molecule has 1 N–H and O–H groups in total. The largest absolute Gasteiger partial charge is 0.346 e. The van der Waals surface area contributed by atoms with Crippen molar-refractivity contribution in [3.63, 3.8) is 0 Å². The van der Waals surface area contributed by atoms with E-state index in [1.807, 2.05) is 12.1 Å². The van der Waals surface area contributed by atoms with E-state index in [-0.39, 0.29) is 17.1 Å². The molecule has 0 aliphatic carbocycles. The molecular weight excluding hydrogens is 334 g/mol. The molecule has 1 unspecified atom stereocenters. The van der Waals surface area contributed by atoms with E-state index >= 15 is 0 Å². The van der Waals surface area contributed by atoms with Gasteiger partial charge in [0.05, 0.1) is 5.69 Å². The average molecular weight is 368 g/mol. The second-order valence-electron chi connectivity index (χ2n) is 8.87. The molecule has 2 heterocycles. The summed E-state index contributed by atoms with van der Waals surface area (Å²) in [5.74, 6) is 1.42. The first-order valence-corrected chi connectivity index (χ1v) is 10.2. The summed E-state index contributed by atoms with van der Waals surface area (Å²) in [6.07, 6.45) is 2.98. The first kappa shape index (κ1) is 19.8. The summed E-state index contributed by atoms with van der Waals surface area (Å²) in [6.45, 7) is 13.5. The van der Waals surface area contributed by atoms with Crippen molar-refractivity contribution in [3.05, 3.63) is 52.6 Å². The SMILES string of the molecule is CCc1nc(CN2CCCC(C(=O)c3ccc(C(C)(C)C)cc3)C2)c(C)[nH]1. The minimum absolute atomic E-state index is 0.0872. The fourth-order valence-electron chi connectivity index (χ4n) is 3.88. The Morgan fingerprint density at radius 1 is 1.26 bits per heavy atom. The number of aryl methyl sites for hydroxylation is 2. The Kier molecular flexibility index (Phi) is 5.85. The van der Waals surface area contributed by atoms with Gasteiger partial charge in [0, 0.05) is 36.7 Å². The highest BCUT2D eigenvalue weighted by Crippen LogP contribution is 2.26. The van der Waals surface area contributed by atoms with Crippen molar-refractivity contribution < 1.29 is 4.79 Å². The van der Waals surface area contributed by atoms with Crippen LogP contribution in [0.3, 0.4) is 0 Å². The van der Waals surface area contributed by atoms with Gasteiger partial charge in [-0.15, -0.1) is 0 Å². The predicted molar refractivity (Wildman–Crippen MR) is 110 cm³/mol. The zero-order valence-corrected chi connectivity index (χ0v) is 17.4. The standard InChI is InChI=1S/C23H33N3O/c1-6-21-24-16(2)20(25-21)15-26-13-7-8-18(14-26)22(27)17-9-11-19(12-10-17)23(3,4)5/h9-12,18H,6-8,13-15H2,1-5H3,(H,24,25). The lowest BCUT2D eigenvalue weighted by molar-refractivity contribution is 0.0810. The fraction of sp³-hybridized carbons (Fsp3) is 0.565. The maximum Gasteiger partial charge on any atom is 0.167 e. The number of rotatable bonds is 5. The number of piperidine rings is 1. The van der Waals surface area contributed by atoms with Crippen LogP contribution in [0.1, 0.15) is 73.7 Å². The monoisotopic (exact) mass is 367 g/mol. The van der Waals surface area contributed by atoms with E-state index in [2.05, 4.69) is 56.6 Å². The second kappa shape index (κ2) is 7.97. The maximum atomic E-state index is 13.0. The zero-order valence-electron chi connectivity index (χ0n) is 17.4. The predicted octanol–water partition coefficient (Wildman–Crippen LogP) is 4.67. The minimum atomic E-state index is 0.0872. The highest BCUT2D eigenvalue weighted by molar-refractivity contribution is 5.98. The van der Waals surface area contributed by atoms with E-state index in [1.54, 1.807) is 0 Å². The van der Waals surface area contributed by atoms with Gasteiger partial charge in [-0.25, -0.2) is 4.98 Å². The number of hydrogen-bond acceptors (Lipinski definition) is 3. The lowest BCUT2D eigenvalue weighted by atomic mass is 9.85. The molecular formula is C23H33N3O. The number of aromatic amines is 1. The van der Waals surface area contributed by atoms with Crippen molar-refractivity contribution in [3.8, 4) is 0 Å². The number of H-pyrrole nitrogens is 1. The molecule has 0 bridgehead atoms. The van der Waals surface area contributed by atoms with Crippen molar-refractivity contribution >= 4 is 5.78 Å². The lowest BCUT2D eigenvalue weighted by Gasteiger charge is -2.31. The summed E-state index contributed by atoms with van der Waals surface area (Å²) in [4.78, 5) is 23.5. The van der Waals surface area contributed by atoms with Gasteiger partial charge in [-0.3, -0.25) is 9.69 Å². The Balaban J connectivity index is 1.66. The van der Waals surface area contributed by atoms with Crippen LogP contribution in [-0.4, -0.2) is 33.7 Å². The number of carbonyl (C=O) groups is 1. The number of ketones is 1. The maximum absolute atomic E-state index is 13.0. The average Bonchev–Trinajstić information content (AvgIpc) is 3.00. The van der Waals surface area contributed by atoms with Gasteiger partial charge in [-0.1, -0.05) is 52.0 Å². The van der Waals surface area contributed by atoms with E-state index in [0.29, 0.717) is 0 Å². The van der Waals surface area contributed by atoms with E-state index in [4.69, 9.17) is 4.98 Å². The molecule has 3 rings (SSSR count). The number of nitrogens with zero attached hydrogens (tertiary/aromatic N) is 2. The quantitative estimate of drug-likeness (QED) is 0.781. The normalized spacial score (nSPS) is 18.6. The number of hydrogen-bond donors (Lipinski definition) is 1. The third-order valence-electron chi connectivity index (χ3n) is 5.65. The number of imidazole rings is 1. The Labute approximate surface area is 163 Å². The smallest absolute Gasteiger partial charge is 0.167 e. The number of Topliss-reactive ketones (excluding diaryl/α,β-unsaturated/α-hetero) is 1. The Morgan fingerprint density at radius 3 is 2.56 bits per heavy atom. The number of likely N-dealkylation sites (tertiary alicyclic amines) is 1. The van der Waals surface area contributed by atoms with E-state index in [9.17, 15) is 4.79 Å². The summed E-state index contributed by atoms with van der Waals surface area (Å²) >= 11 is 0. The van der Waals surface area contributed by atoms with Gasteiger partial charge in [0.1, 0.15) is 5.82 Å². The molecule has 1 aliphatic rings. The molecule has 146 valence electrons. The third kappa shape index (κ3) is 4.67. The third-order valence-corrected chi connectivity index (χ3v) is 5.65. The van der Waals surface area contributed by atoms with Crippen LogP contribution < -0.4 is 0 Å². The van der Waals surface area contributed by atoms with Gasteiger partial charge in [0.15, 0.2) is 5.78 Å². The summed E-state index contributed by atoms with van der Waals surface area (Å²) in [7, 11) is 0. The van der Waals surface area contributed by atoms with Crippen LogP contribution in [0, 0.1) is 12.8 Å². The highest BCUT2D eigenvalue weighted by Gasteiger charge is 2.27. The first-order valence-electron chi connectivity index (χ1n) is 10.2. The summed E-state index contributed by atoms with van der Waals surface area (Å²) in [5, 5.41) is 0. The highest BCUT2D eigenvalue weighted by atomic mass is 16.1. The van der Waals surface area contributed by atoms with E-state index < -0.39 is 0 Å². The first-order chi connectivity index (χ1) is 12.8. The number of aromatic nitrogens is 2. The summed E-state index contributed by atoms with van der Waals surface area (Å²) < 4.78 is 0. The molecule has 0 saturated carbocycles. The second-order valence-corrected chi connectivity index (χ2v) is 8.87. The molecule has 0 radical (unpaired) electrons. The zero-order chi connectivity index (χ0) is 19.6. The molecule has 4 nitrogen and oxygen atoms in total. The van der Waals surface area contributed by atoms with Crippen molar-refractivity contribution in [2.45, 2.75) is 65.8 Å². The van der Waals surface area contributed by atoms with Gasteiger partial charge in [-0.2, -0.15) is 0 Å². The van der Waals surface area contributed by atoms with Crippen molar-refractivity contribution in [1.29, 1.82) is 0 Å². The molecule has 1 atom stereocenters. The van der Waals surface area contributed by atoms with Crippen LogP contribution in [0.4, 0.5) is 0 Å². The molecule has 2 aromatic rings. The van der Waals surface area contributed by atoms with Crippen molar-refractivity contribution in [2.24, 2.45) is 5.92 Å². The van der Waals surface area contributed by atoms with Crippen LogP contribution in [0.25, 0.3) is 0 Å². The number of nitrogens with one attached hydrogen (secondary N) is 1. The molecule has 27 heavy (non-hydrogen) atoms. The summed E-state index contributed by atoms with van der Waals surface area (Å²) in [5.41, 5.74) is 4.50. The van der Waals surface area contributed by atoms with Gasteiger partial charge >= 0.3 is 0 Å². The van der Waals surface area contributed by atoms with Crippen LogP contribution in [0.15, 0.2) is 24.3 Å². The van der Waals surface area contributed by atoms with E-state index in [1.165, 1.54) is 5.56 Å². The van der Waals surface area contributed by atoms with Crippen LogP contribution >= 0.6 is 0 Å².